The minimum atomic E-state index is -4.64. The largest absolute Gasteiger partial charge is 0.391 e. The van der Waals surface area contributed by atoms with Crippen LogP contribution in [-0.2, 0) is 0 Å². The molecule has 1 aliphatic rings. The van der Waals surface area contributed by atoms with Crippen molar-refractivity contribution in [1.29, 1.82) is 0 Å². The van der Waals surface area contributed by atoms with Crippen LogP contribution in [-0.4, -0.2) is 23.5 Å². The summed E-state index contributed by atoms with van der Waals surface area (Å²) in [5, 5.41) is 2.01. The molecule has 1 aliphatic carbocycles. The third-order valence-electron chi connectivity index (χ3n) is 2.98. The van der Waals surface area contributed by atoms with Gasteiger partial charge < -0.3 is 11.1 Å². The lowest BCUT2D eigenvalue weighted by molar-refractivity contribution is -0.224. The number of halogens is 6. The molecule has 1 rings (SSSR count). The molecule has 0 heterocycles. The van der Waals surface area contributed by atoms with Crippen LogP contribution in [0.1, 0.15) is 19.3 Å². The molecule has 2 nitrogen and oxygen atoms in total. The van der Waals surface area contributed by atoms with Gasteiger partial charge in [-0.2, -0.15) is 26.3 Å². The summed E-state index contributed by atoms with van der Waals surface area (Å²) < 4.78 is 75.3. The lowest BCUT2D eigenvalue weighted by atomic mass is 9.78. The zero-order chi connectivity index (χ0) is 14.1. The second-order valence-corrected chi connectivity index (χ2v) is 4.83. The number of hydrogen-bond acceptors (Lipinski definition) is 1. The van der Waals surface area contributed by atoms with Crippen LogP contribution < -0.4 is 11.1 Å². The molecule has 0 amide bonds. The normalized spacial score (nSPS) is 30.0. The second-order valence-electron chi connectivity index (χ2n) is 4.39. The van der Waals surface area contributed by atoms with E-state index in [1.165, 1.54) is 0 Å². The van der Waals surface area contributed by atoms with Crippen molar-refractivity contribution in [1.82, 2.24) is 5.32 Å². The van der Waals surface area contributed by atoms with Crippen LogP contribution >= 0.6 is 12.2 Å². The topological polar surface area (TPSA) is 38.0 Å². The van der Waals surface area contributed by atoms with Crippen molar-refractivity contribution < 1.29 is 26.3 Å². The number of alkyl halides is 6. The second kappa shape index (κ2) is 5.10. The van der Waals surface area contributed by atoms with E-state index in [0.29, 0.717) is 0 Å². The molecule has 0 aromatic rings. The fourth-order valence-corrected chi connectivity index (χ4v) is 2.34. The van der Waals surface area contributed by atoms with Crippen molar-refractivity contribution in [3.63, 3.8) is 0 Å². The maximum atomic E-state index is 12.6. The van der Waals surface area contributed by atoms with E-state index in [1.807, 2.05) is 0 Å². The summed E-state index contributed by atoms with van der Waals surface area (Å²) >= 11 is 4.44. The third-order valence-corrected chi connectivity index (χ3v) is 3.10. The summed E-state index contributed by atoms with van der Waals surface area (Å²) in [6.07, 6.45) is -11.1. The average Bonchev–Trinajstić information content (AvgIpc) is 2.13. The van der Waals surface area contributed by atoms with Crippen LogP contribution in [0.15, 0.2) is 0 Å². The van der Waals surface area contributed by atoms with E-state index in [9.17, 15) is 26.3 Å². The first kappa shape index (κ1) is 15.3. The van der Waals surface area contributed by atoms with E-state index < -0.39 is 49.5 Å². The number of nitrogens with two attached hydrogens (primary N) is 1. The monoisotopic (exact) mass is 294 g/mol. The van der Waals surface area contributed by atoms with Crippen LogP contribution in [0.25, 0.3) is 0 Å². The van der Waals surface area contributed by atoms with Gasteiger partial charge in [-0.25, -0.2) is 0 Å². The molecular weight excluding hydrogens is 282 g/mol. The molecule has 0 aliphatic heterocycles. The summed E-state index contributed by atoms with van der Waals surface area (Å²) in [7, 11) is 0. The molecule has 0 saturated heterocycles. The molecular formula is C9H12F6N2S. The van der Waals surface area contributed by atoms with Crippen LogP contribution in [0.2, 0.25) is 0 Å². The van der Waals surface area contributed by atoms with Gasteiger partial charge in [0.15, 0.2) is 5.11 Å². The fourth-order valence-electron chi connectivity index (χ4n) is 2.17. The highest BCUT2D eigenvalue weighted by molar-refractivity contribution is 7.80. The van der Waals surface area contributed by atoms with E-state index in [1.54, 1.807) is 0 Å². The van der Waals surface area contributed by atoms with Gasteiger partial charge in [0.2, 0.25) is 0 Å². The molecule has 0 aromatic heterocycles. The predicted octanol–water partition coefficient (Wildman–Crippen LogP) is 2.73. The standard InChI is InChI=1S/C9H12F6N2S/c10-8(11,12)4-1-5(9(13,14)15)3-6(2-4)17-7(16)18/h4-6H,1-3H2,(H3,16,17,18). The van der Waals surface area contributed by atoms with Crippen LogP contribution in [0.4, 0.5) is 26.3 Å². The van der Waals surface area contributed by atoms with Gasteiger partial charge in [0.25, 0.3) is 0 Å². The maximum Gasteiger partial charge on any atom is 0.391 e. The maximum absolute atomic E-state index is 12.6. The highest BCUT2D eigenvalue weighted by atomic mass is 32.1. The zero-order valence-electron chi connectivity index (χ0n) is 9.11. The Morgan fingerprint density at radius 3 is 1.61 bits per heavy atom. The molecule has 0 aromatic carbocycles. The summed E-state index contributed by atoms with van der Waals surface area (Å²) in [6.45, 7) is 0. The van der Waals surface area contributed by atoms with Crippen LogP contribution in [0.3, 0.4) is 0 Å². The lowest BCUT2D eigenvalue weighted by Gasteiger charge is -2.37. The fraction of sp³-hybridized carbons (Fsp3) is 0.889. The molecule has 0 bridgehead atoms. The van der Waals surface area contributed by atoms with E-state index >= 15 is 0 Å². The number of hydrogen-bond donors (Lipinski definition) is 2. The first-order valence-electron chi connectivity index (χ1n) is 5.19. The first-order valence-corrected chi connectivity index (χ1v) is 5.60. The highest BCUT2D eigenvalue weighted by Gasteiger charge is 2.51. The summed E-state index contributed by atoms with van der Waals surface area (Å²) in [4.78, 5) is 0. The number of rotatable bonds is 1. The molecule has 2 unspecified atom stereocenters. The molecule has 3 N–H and O–H groups in total. The van der Waals surface area contributed by atoms with Gasteiger partial charge in [-0.3, -0.25) is 0 Å². The zero-order valence-corrected chi connectivity index (χ0v) is 9.92. The van der Waals surface area contributed by atoms with E-state index in [4.69, 9.17) is 5.73 Å². The van der Waals surface area contributed by atoms with Gasteiger partial charge in [0, 0.05) is 6.04 Å². The smallest absolute Gasteiger partial charge is 0.376 e. The number of thiocarbonyl (C=S) groups is 1. The van der Waals surface area contributed by atoms with Crippen molar-refractivity contribution in [2.24, 2.45) is 17.6 Å². The van der Waals surface area contributed by atoms with Crippen molar-refractivity contribution in [2.45, 2.75) is 37.7 Å². The highest BCUT2D eigenvalue weighted by Crippen LogP contribution is 2.45. The van der Waals surface area contributed by atoms with Crippen molar-refractivity contribution in [2.75, 3.05) is 0 Å². The van der Waals surface area contributed by atoms with E-state index in [2.05, 4.69) is 17.5 Å². The van der Waals surface area contributed by atoms with Crippen molar-refractivity contribution in [3.8, 4) is 0 Å². The van der Waals surface area contributed by atoms with Crippen LogP contribution in [0, 0.1) is 11.8 Å². The molecule has 106 valence electrons. The Labute approximate surface area is 105 Å². The van der Waals surface area contributed by atoms with Gasteiger partial charge in [-0.15, -0.1) is 0 Å². The SMILES string of the molecule is NC(=S)NC1CC(C(F)(F)F)CC(C(F)(F)F)C1. The lowest BCUT2D eigenvalue weighted by Crippen LogP contribution is -2.48. The third kappa shape index (κ3) is 4.18. The van der Waals surface area contributed by atoms with Gasteiger partial charge in [0.05, 0.1) is 11.8 Å². The Hall–Kier alpha value is -0.730. The van der Waals surface area contributed by atoms with Crippen molar-refractivity contribution >= 4 is 17.3 Å². The number of nitrogens with one attached hydrogen (secondary N) is 1. The molecule has 0 radical (unpaired) electrons. The summed E-state index contributed by atoms with van der Waals surface area (Å²) in [6, 6.07) is -0.991. The average molecular weight is 294 g/mol. The predicted molar refractivity (Wildman–Crippen MR) is 56.7 cm³/mol. The van der Waals surface area contributed by atoms with E-state index in [-0.39, 0.29) is 5.11 Å². The minimum Gasteiger partial charge on any atom is -0.376 e. The van der Waals surface area contributed by atoms with Gasteiger partial charge in [0.1, 0.15) is 0 Å². The Morgan fingerprint density at radius 1 is 0.944 bits per heavy atom. The first-order chi connectivity index (χ1) is 8.00. The summed E-state index contributed by atoms with van der Waals surface area (Å²) in [5.74, 6) is -3.96. The summed E-state index contributed by atoms with van der Waals surface area (Å²) in [5.41, 5.74) is 5.09. The Kier molecular flexibility index (Phi) is 4.34. The molecule has 1 fully saturated rings. The van der Waals surface area contributed by atoms with E-state index in [0.717, 1.165) is 0 Å². The Bertz CT molecular complexity index is 291. The Morgan fingerprint density at radius 2 is 1.33 bits per heavy atom. The van der Waals surface area contributed by atoms with Crippen LogP contribution in [0.5, 0.6) is 0 Å². The molecule has 9 heteroatoms. The molecule has 0 spiro atoms. The molecule has 18 heavy (non-hydrogen) atoms. The van der Waals surface area contributed by atoms with Gasteiger partial charge in [-0.1, -0.05) is 0 Å². The minimum absolute atomic E-state index is 0.288. The quantitative estimate of drug-likeness (QED) is 0.577. The van der Waals surface area contributed by atoms with Crippen molar-refractivity contribution in [3.05, 3.63) is 0 Å². The van der Waals surface area contributed by atoms with Gasteiger partial charge >= 0.3 is 12.4 Å². The molecule has 2 atom stereocenters. The van der Waals surface area contributed by atoms with Gasteiger partial charge in [-0.05, 0) is 31.5 Å². The molecule has 1 saturated carbocycles. The Balaban J connectivity index is 2.82.